The molecule has 1 atom stereocenters. The van der Waals surface area contributed by atoms with Gasteiger partial charge in [-0.05, 0) is 53.9 Å². The number of rotatable bonds is 3. The maximum atomic E-state index is 12.8. The Morgan fingerprint density at radius 2 is 1.85 bits per heavy atom. The maximum Gasteiger partial charge on any atom is 0.225 e. The van der Waals surface area contributed by atoms with Crippen LogP contribution < -0.4 is 4.90 Å². The van der Waals surface area contributed by atoms with Gasteiger partial charge in [0.2, 0.25) is 5.91 Å². The van der Waals surface area contributed by atoms with Crippen LogP contribution in [0.4, 0.5) is 5.69 Å². The molecule has 2 aliphatic heterocycles. The van der Waals surface area contributed by atoms with Crippen LogP contribution in [-0.2, 0) is 16.0 Å². The Labute approximate surface area is 173 Å². The molecule has 1 unspecified atom stereocenters. The quantitative estimate of drug-likeness (QED) is 0.694. The lowest BCUT2D eigenvalue weighted by molar-refractivity contribution is -0.135. The Bertz CT molecular complexity index is 819. The minimum absolute atomic E-state index is 0.136. The lowest BCUT2D eigenvalue weighted by atomic mass is 9.95. The summed E-state index contributed by atoms with van der Waals surface area (Å²) in [5.74, 6) is 0.173. The summed E-state index contributed by atoms with van der Waals surface area (Å²) >= 11 is 9.49. The van der Waals surface area contributed by atoms with Crippen molar-refractivity contribution in [3.05, 3.63) is 63.1 Å². The van der Waals surface area contributed by atoms with Crippen molar-refractivity contribution in [1.29, 1.82) is 0 Å². The number of carbonyl (C=O) groups is 1. The van der Waals surface area contributed by atoms with Crippen LogP contribution in [-0.4, -0.2) is 43.6 Å². The predicted molar refractivity (Wildman–Crippen MR) is 111 cm³/mol. The van der Waals surface area contributed by atoms with E-state index >= 15 is 0 Å². The summed E-state index contributed by atoms with van der Waals surface area (Å²) in [4.78, 5) is 17.1. The molecule has 1 fully saturated rings. The van der Waals surface area contributed by atoms with E-state index < -0.39 is 0 Å². The van der Waals surface area contributed by atoms with Crippen LogP contribution in [0, 0.1) is 0 Å². The lowest BCUT2D eigenvalue weighted by Gasteiger charge is -2.37. The largest absolute Gasteiger partial charge is 0.373 e. The van der Waals surface area contributed by atoms with Gasteiger partial charge < -0.3 is 14.5 Å². The summed E-state index contributed by atoms with van der Waals surface area (Å²) in [5, 5.41) is 0.743. The topological polar surface area (TPSA) is 32.8 Å². The molecule has 1 saturated heterocycles. The van der Waals surface area contributed by atoms with Crippen molar-refractivity contribution in [2.75, 3.05) is 37.7 Å². The van der Waals surface area contributed by atoms with Crippen LogP contribution in [0.25, 0.3) is 0 Å². The number of carbonyl (C=O) groups excluding carboxylic acids is 1. The van der Waals surface area contributed by atoms with Crippen molar-refractivity contribution in [1.82, 2.24) is 4.90 Å². The van der Waals surface area contributed by atoms with E-state index in [2.05, 4.69) is 33.0 Å². The first kappa shape index (κ1) is 18.8. The molecule has 4 nitrogen and oxygen atoms in total. The van der Waals surface area contributed by atoms with Crippen LogP contribution in [0.1, 0.15) is 23.7 Å². The zero-order valence-electron chi connectivity index (χ0n) is 15.0. The number of amides is 1. The van der Waals surface area contributed by atoms with Crippen LogP contribution >= 0.6 is 27.5 Å². The summed E-state index contributed by atoms with van der Waals surface area (Å²) in [5.41, 5.74) is 3.58. The van der Waals surface area contributed by atoms with Gasteiger partial charge >= 0.3 is 0 Å². The van der Waals surface area contributed by atoms with E-state index in [1.807, 2.05) is 35.2 Å². The minimum Gasteiger partial charge on any atom is -0.373 e. The third-order valence-corrected chi connectivity index (χ3v) is 6.07. The Hall–Kier alpha value is -1.56. The van der Waals surface area contributed by atoms with E-state index in [4.69, 9.17) is 16.3 Å². The molecule has 2 aliphatic rings. The van der Waals surface area contributed by atoms with E-state index in [1.54, 1.807) is 0 Å². The molecule has 142 valence electrons. The van der Waals surface area contributed by atoms with Crippen LogP contribution in [0.2, 0.25) is 5.02 Å². The molecule has 2 heterocycles. The smallest absolute Gasteiger partial charge is 0.225 e. The third kappa shape index (κ3) is 4.31. The molecule has 0 bridgehead atoms. The third-order valence-electron chi connectivity index (χ3n) is 5.33. The van der Waals surface area contributed by atoms with Crippen molar-refractivity contribution < 1.29 is 9.53 Å². The van der Waals surface area contributed by atoms with Crippen molar-refractivity contribution >= 4 is 39.1 Å². The molecule has 6 heteroatoms. The summed E-state index contributed by atoms with van der Waals surface area (Å²) < 4.78 is 7.00. The van der Waals surface area contributed by atoms with Crippen molar-refractivity contribution in [2.45, 2.75) is 18.9 Å². The van der Waals surface area contributed by atoms with Crippen LogP contribution in [0.3, 0.4) is 0 Å². The van der Waals surface area contributed by atoms with Gasteiger partial charge in [0.05, 0.1) is 19.1 Å². The SMILES string of the molecule is O=C(CC1OCCc2cc(Br)ccc21)N1CCN(c2ccc(Cl)cc2)CC1. The molecular weight excluding hydrogens is 428 g/mol. The molecule has 2 aromatic carbocycles. The highest BCUT2D eigenvalue weighted by atomic mass is 79.9. The standard InChI is InChI=1S/C21H22BrClN2O2/c22-16-1-6-19-15(13-16)7-12-27-20(19)14-21(26)25-10-8-24(9-11-25)18-4-2-17(23)3-5-18/h1-6,13,20H,7-12,14H2. The first-order valence-corrected chi connectivity index (χ1v) is 10.5. The summed E-state index contributed by atoms with van der Waals surface area (Å²) in [6, 6.07) is 14.1. The predicted octanol–water partition coefficient (Wildman–Crippen LogP) is 4.46. The van der Waals surface area contributed by atoms with Gasteiger partial charge in [-0.2, -0.15) is 0 Å². The zero-order chi connectivity index (χ0) is 18.8. The fraction of sp³-hybridized carbons (Fsp3) is 0.381. The molecule has 0 aliphatic carbocycles. The molecule has 0 N–H and O–H groups in total. The van der Waals surface area contributed by atoms with Crippen LogP contribution in [0.5, 0.6) is 0 Å². The van der Waals surface area contributed by atoms with Gasteiger partial charge in [-0.25, -0.2) is 0 Å². The zero-order valence-corrected chi connectivity index (χ0v) is 17.4. The fourth-order valence-electron chi connectivity index (χ4n) is 3.83. The Kier molecular flexibility index (Phi) is 5.71. The van der Waals surface area contributed by atoms with Crippen molar-refractivity contribution in [2.24, 2.45) is 0 Å². The van der Waals surface area contributed by atoms with E-state index in [0.29, 0.717) is 13.0 Å². The number of fused-ring (bicyclic) bond motifs is 1. The molecule has 0 aromatic heterocycles. The normalized spacial score (nSPS) is 19.7. The Balaban J connectivity index is 1.36. The number of benzene rings is 2. The number of hydrogen-bond donors (Lipinski definition) is 0. The van der Waals surface area contributed by atoms with E-state index in [9.17, 15) is 4.79 Å². The van der Waals surface area contributed by atoms with Gasteiger partial charge in [-0.15, -0.1) is 0 Å². The van der Waals surface area contributed by atoms with Gasteiger partial charge in [0.1, 0.15) is 0 Å². The molecule has 1 amide bonds. The first-order chi connectivity index (χ1) is 13.1. The van der Waals surface area contributed by atoms with Gasteiger partial charge in [0.15, 0.2) is 0 Å². The maximum absolute atomic E-state index is 12.8. The molecule has 0 saturated carbocycles. The van der Waals surface area contributed by atoms with Gasteiger partial charge in [-0.1, -0.05) is 33.6 Å². The number of hydrogen-bond acceptors (Lipinski definition) is 3. The van der Waals surface area contributed by atoms with Crippen molar-refractivity contribution in [3.63, 3.8) is 0 Å². The van der Waals surface area contributed by atoms with E-state index in [0.717, 1.165) is 53.3 Å². The van der Waals surface area contributed by atoms with E-state index in [-0.39, 0.29) is 12.0 Å². The first-order valence-electron chi connectivity index (χ1n) is 9.28. The molecule has 2 aromatic rings. The number of piperazine rings is 1. The number of ether oxygens (including phenoxy) is 1. The monoisotopic (exact) mass is 448 g/mol. The Morgan fingerprint density at radius 1 is 1.11 bits per heavy atom. The van der Waals surface area contributed by atoms with E-state index in [1.165, 1.54) is 5.56 Å². The van der Waals surface area contributed by atoms with Crippen LogP contribution in [0.15, 0.2) is 46.9 Å². The minimum atomic E-state index is -0.136. The molecule has 0 radical (unpaired) electrons. The van der Waals surface area contributed by atoms with Gasteiger partial charge in [0.25, 0.3) is 0 Å². The average Bonchev–Trinajstić information content (AvgIpc) is 2.68. The summed E-state index contributed by atoms with van der Waals surface area (Å²) in [7, 11) is 0. The summed E-state index contributed by atoms with van der Waals surface area (Å²) in [6.07, 6.45) is 1.18. The number of halogens is 2. The molecular formula is C21H22BrClN2O2. The van der Waals surface area contributed by atoms with Crippen molar-refractivity contribution in [3.8, 4) is 0 Å². The lowest BCUT2D eigenvalue weighted by Crippen LogP contribution is -2.49. The molecule has 0 spiro atoms. The second-order valence-electron chi connectivity index (χ2n) is 7.00. The second-order valence-corrected chi connectivity index (χ2v) is 8.35. The second kappa shape index (κ2) is 8.21. The highest BCUT2D eigenvalue weighted by Gasteiger charge is 2.27. The van der Waals surface area contributed by atoms with Gasteiger partial charge in [0, 0.05) is 41.4 Å². The number of anilines is 1. The summed E-state index contributed by atoms with van der Waals surface area (Å²) in [6.45, 7) is 3.82. The highest BCUT2D eigenvalue weighted by Crippen LogP contribution is 2.32. The average molecular weight is 450 g/mol. The Morgan fingerprint density at radius 3 is 2.59 bits per heavy atom. The molecule has 4 rings (SSSR count). The molecule has 27 heavy (non-hydrogen) atoms. The highest BCUT2D eigenvalue weighted by molar-refractivity contribution is 9.10. The van der Waals surface area contributed by atoms with Gasteiger partial charge in [-0.3, -0.25) is 4.79 Å². The fourth-order valence-corrected chi connectivity index (χ4v) is 4.36. The number of nitrogens with zero attached hydrogens (tertiary/aromatic N) is 2.